The monoisotopic (exact) mass is 286 g/mol. The molecule has 0 unspecified atom stereocenters. The zero-order valence-corrected chi connectivity index (χ0v) is 12.0. The van der Waals surface area contributed by atoms with Gasteiger partial charge in [0.15, 0.2) is 0 Å². The number of pyridine rings is 1. The molecule has 0 aliphatic carbocycles. The number of hydrogen-bond acceptors (Lipinski definition) is 2. The highest BCUT2D eigenvalue weighted by Gasteiger charge is 2.08. The molecule has 3 rings (SSSR count). The summed E-state index contributed by atoms with van der Waals surface area (Å²) < 4.78 is 7.90. The zero-order valence-electron chi connectivity index (χ0n) is 11.2. The molecule has 0 aliphatic rings. The van der Waals surface area contributed by atoms with Crippen LogP contribution < -0.4 is 4.74 Å². The number of aryl methyl sites for hydroxylation is 1. The van der Waals surface area contributed by atoms with Crippen molar-refractivity contribution in [3.8, 4) is 5.75 Å². The Labute approximate surface area is 122 Å². The molecule has 4 heteroatoms. The van der Waals surface area contributed by atoms with Gasteiger partial charge < -0.3 is 9.14 Å². The number of fused-ring (bicyclic) bond motifs is 1. The van der Waals surface area contributed by atoms with E-state index in [0.717, 1.165) is 28.2 Å². The standard InChI is InChI=1S/C16H15ClN2O/c1-12-5-4-6-13(9-17)16(12)20-11-14-10-19-8-3-2-7-15(19)18-14/h2-8,10H,9,11H2,1H3. The highest BCUT2D eigenvalue weighted by atomic mass is 35.5. The van der Waals surface area contributed by atoms with Gasteiger partial charge in [-0.25, -0.2) is 4.98 Å². The second-order valence-electron chi connectivity index (χ2n) is 4.68. The quantitative estimate of drug-likeness (QED) is 0.679. The van der Waals surface area contributed by atoms with Crippen molar-refractivity contribution in [3.63, 3.8) is 0 Å². The highest BCUT2D eigenvalue weighted by Crippen LogP contribution is 2.25. The van der Waals surface area contributed by atoms with E-state index in [1.165, 1.54) is 0 Å². The normalized spacial score (nSPS) is 10.9. The molecule has 0 spiro atoms. The van der Waals surface area contributed by atoms with Crippen LogP contribution in [0.25, 0.3) is 5.65 Å². The molecule has 0 atom stereocenters. The molecule has 0 bridgehead atoms. The zero-order chi connectivity index (χ0) is 13.9. The van der Waals surface area contributed by atoms with Crippen LogP contribution in [0.15, 0.2) is 48.8 Å². The Morgan fingerprint density at radius 2 is 2.10 bits per heavy atom. The summed E-state index contributed by atoms with van der Waals surface area (Å²) in [4.78, 5) is 4.52. The lowest BCUT2D eigenvalue weighted by atomic mass is 10.1. The lowest BCUT2D eigenvalue weighted by Crippen LogP contribution is -2.00. The second kappa shape index (κ2) is 5.55. The molecule has 0 amide bonds. The molecule has 102 valence electrons. The Hall–Kier alpha value is -2.00. The lowest BCUT2D eigenvalue weighted by molar-refractivity contribution is 0.297. The molecule has 3 aromatic rings. The van der Waals surface area contributed by atoms with Crippen LogP contribution in [0, 0.1) is 6.92 Å². The van der Waals surface area contributed by atoms with Crippen molar-refractivity contribution in [2.75, 3.05) is 0 Å². The van der Waals surface area contributed by atoms with E-state index in [4.69, 9.17) is 16.3 Å². The van der Waals surface area contributed by atoms with Gasteiger partial charge >= 0.3 is 0 Å². The summed E-state index contributed by atoms with van der Waals surface area (Å²) in [5, 5.41) is 0. The number of nitrogens with zero attached hydrogens (tertiary/aromatic N) is 2. The summed E-state index contributed by atoms with van der Waals surface area (Å²) >= 11 is 5.95. The summed E-state index contributed by atoms with van der Waals surface area (Å²) in [7, 11) is 0. The van der Waals surface area contributed by atoms with Crippen molar-refractivity contribution in [2.24, 2.45) is 0 Å². The summed E-state index contributed by atoms with van der Waals surface area (Å²) in [5.74, 6) is 1.31. The number of imidazole rings is 1. The van der Waals surface area contributed by atoms with Gasteiger partial charge in [0.2, 0.25) is 0 Å². The lowest BCUT2D eigenvalue weighted by Gasteiger charge is -2.11. The molecule has 2 aromatic heterocycles. The van der Waals surface area contributed by atoms with Gasteiger partial charge in [-0.2, -0.15) is 0 Å². The number of hydrogen-bond donors (Lipinski definition) is 0. The number of para-hydroxylation sites is 1. The smallest absolute Gasteiger partial charge is 0.137 e. The first-order chi connectivity index (χ1) is 9.78. The van der Waals surface area contributed by atoms with E-state index in [1.54, 1.807) is 0 Å². The molecule has 1 aromatic carbocycles. The maximum Gasteiger partial charge on any atom is 0.137 e. The van der Waals surface area contributed by atoms with Crippen LogP contribution in [-0.4, -0.2) is 9.38 Å². The average Bonchev–Trinajstić information content (AvgIpc) is 2.88. The predicted molar refractivity (Wildman–Crippen MR) is 80.3 cm³/mol. The third kappa shape index (κ3) is 2.49. The van der Waals surface area contributed by atoms with Gasteiger partial charge in [0.1, 0.15) is 18.0 Å². The Kier molecular flexibility index (Phi) is 3.61. The van der Waals surface area contributed by atoms with Gasteiger partial charge in [0.05, 0.1) is 11.6 Å². The number of rotatable bonds is 4. The molecule has 0 saturated carbocycles. The van der Waals surface area contributed by atoms with Crippen molar-refractivity contribution in [1.29, 1.82) is 0 Å². The van der Waals surface area contributed by atoms with Crippen molar-refractivity contribution in [1.82, 2.24) is 9.38 Å². The van der Waals surface area contributed by atoms with Crippen LogP contribution in [0.5, 0.6) is 5.75 Å². The molecular formula is C16H15ClN2O. The largest absolute Gasteiger partial charge is 0.487 e. The molecule has 0 N–H and O–H groups in total. The van der Waals surface area contributed by atoms with Crippen LogP contribution >= 0.6 is 11.6 Å². The topological polar surface area (TPSA) is 26.5 Å². The summed E-state index contributed by atoms with van der Waals surface area (Å²) in [6.45, 7) is 2.46. The Bertz CT molecular complexity index is 703. The molecule has 0 radical (unpaired) electrons. The van der Waals surface area contributed by atoms with Gasteiger partial charge in [-0.05, 0) is 24.6 Å². The van der Waals surface area contributed by atoms with E-state index in [9.17, 15) is 0 Å². The molecule has 0 saturated heterocycles. The Morgan fingerprint density at radius 3 is 2.90 bits per heavy atom. The van der Waals surface area contributed by atoms with Crippen LogP contribution in [0.4, 0.5) is 0 Å². The van der Waals surface area contributed by atoms with E-state index < -0.39 is 0 Å². The number of aromatic nitrogens is 2. The minimum absolute atomic E-state index is 0.441. The van der Waals surface area contributed by atoms with Crippen LogP contribution in [0.2, 0.25) is 0 Å². The average molecular weight is 287 g/mol. The van der Waals surface area contributed by atoms with E-state index >= 15 is 0 Å². The fourth-order valence-electron chi connectivity index (χ4n) is 2.23. The van der Waals surface area contributed by atoms with E-state index in [0.29, 0.717) is 12.5 Å². The van der Waals surface area contributed by atoms with Crippen molar-refractivity contribution in [2.45, 2.75) is 19.4 Å². The molecular weight excluding hydrogens is 272 g/mol. The maximum absolute atomic E-state index is 5.95. The van der Waals surface area contributed by atoms with Crippen molar-refractivity contribution < 1.29 is 4.74 Å². The van der Waals surface area contributed by atoms with Crippen molar-refractivity contribution >= 4 is 17.2 Å². The van der Waals surface area contributed by atoms with Gasteiger partial charge in [-0.1, -0.05) is 24.3 Å². The first-order valence-electron chi connectivity index (χ1n) is 6.48. The molecule has 0 fully saturated rings. The van der Waals surface area contributed by atoms with Crippen LogP contribution in [-0.2, 0) is 12.5 Å². The number of halogens is 1. The third-order valence-corrected chi connectivity index (χ3v) is 3.50. The van der Waals surface area contributed by atoms with Crippen LogP contribution in [0.3, 0.4) is 0 Å². The van der Waals surface area contributed by atoms with Crippen molar-refractivity contribution in [3.05, 3.63) is 65.6 Å². The maximum atomic E-state index is 5.95. The predicted octanol–water partition coefficient (Wildman–Crippen LogP) is 3.96. The van der Waals surface area contributed by atoms with Gasteiger partial charge in [-0.3, -0.25) is 0 Å². The minimum Gasteiger partial charge on any atom is -0.487 e. The van der Waals surface area contributed by atoms with Gasteiger partial charge in [0.25, 0.3) is 0 Å². The molecule has 20 heavy (non-hydrogen) atoms. The Balaban J connectivity index is 1.82. The molecule has 3 nitrogen and oxygen atoms in total. The second-order valence-corrected chi connectivity index (χ2v) is 4.95. The minimum atomic E-state index is 0.441. The van der Waals surface area contributed by atoms with Crippen LogP contribution in [0.1, 0.15) is 16.8 Å². The first-order valence-corrected chi connectivity index (χ1v) is 7.01. The summed E-state index contributed by atoms with van der Waals surface area (Å²) in [5.41, 5.74) is 3.93. The first kappa shape index (κ1) is 13.0. The summed E-state index contributed by atoms with van der Waals surface area (Å²) in [6, 6.07) is 11.9. The number of ether oxygens (including phenoxy) is 1. The van der Waals surface area contributed by atoms with E-state index in [-0.39, 0.29) is 0 Å². The van der Waals surface area contributed by atoms with E-state index in [1.807, 2.05) is 60.1 Å². The SMILES string of the molecule is Cc1cccc(CCl)c1OCc1cn2ccccc2n1. The van der Waals surface area contributed by atoms with Gasteiger partial charge in [-0.15, -0.1) is 11.6 Å². The number of alkyl halides is 1. The molecule has 2 heterocycles. The third-order valence-electron chi connectivity index (χ3n) is 3.22. The summed E-state index contributed by atoms with van der Waals surface area (Å²) in [6.07, 6.45) is 3.96. The highest BCUT2D eigenvalue weighted by molar-refractivity contribution is 6.17. The fourth-order valence-corrected chi connectivity index (χ4v) is 2.44. The number of benzene rings is 1. The van der Waals surface area contributed by atoms with Gasteiger partial charge in [0, 0.05) is 18.0 Å². The van der Waals surface area contributed by atoms with E-state index in [2.05, 4.69) is 4.98 Å². The Morgan fingerprint density at radius 1 is 1.20 bits per heavy atom. The fraction of sp³-hybridized carbons (Fsp3) is 0.188. The molecule has 0 aliphatic heterocycles.